The van der Waals surface area contributed by atoms with E-state index in [2.05, 4.69) is 43.0 Å². The topological polar surface area (TPSA) is 57.7 Å². The molecule has 26 heavy (non-hydrogen) atoms. The van der Waals surface area contributed by atoms with Crippen molar-refractivity contribution in [3.05, 3.63) is 35.4 Å². The Hall–Kier alpha value is -1.40. The van der Waals surface area contributed by atoms with Gasteiger partial charge in [0.15, 0.2) is 9.84 Å². The molecule has 0 spiro atoms. The third-order valence-electron chi connectivity index (χ3n) is 5.57. The van der Waals surface area contributed by atoms with Gasteiger partial charge in [-0.3, -0.25) is 9.69 Å². The fourth-order valence-corrected chi connectivity index (χ4v) is 5.69. The minimum absolute atomic E-state index is 0.0185. The molecule has 5 nitrogen and oxygen atoms in total. The summed E-state index contributed by atoms with van der Waals surface area (Å²) in [6, 6.07) is 8.81. The van der Waals surface area contributed by atoms with E-state index in [-0.39, 0.29) is 23.3 Å². The standard InChI is InChI=1S/C20H30N2O3S/c1-16(2)19-5-3-17(4-6-19)14-21-8-10-22(11-9-21)20(23)13-18-7-12-26(24,25)15-18/h3-6,16,18H,7-15H2,1-2H3. The number of sulfone groups is 1. The molecule has 0 aromatic heterocycles. The quantitative estimate of drug-likeness (QED) is 0.789. The van der Waals surface area contributed by atoms with E-state index >= 15 is 0 Å². The lowest BCUT2D eigenvalue weighted by Crippen LogP contribution is -2.48. The van der Waals surface area contributed by atoms with Crippen LogP contribution in [0.1, 0.15) is 43.7 Å². The number of rotatable bonds is 5. The second-order valence-corrected chi connectivity index (χ2v) is 10.3. The summed E-state index contributed by atoms with van der Waals surface area (Å²) in [5, 5.41) is 0. The molecule has 0 radical (unpaired) electrons. The minimum atomic E-state index is -2.90. The average molecular weight is 379 g/mol. The van der Waals surface area contributed by atoms with Crippen molar-refractivity contribution in [2.24, 2.45) is 5.92 Å². The maximum atomic E-state index is 12.4. The molecule has 3 rings (SSSR count). The monoisotopic (exact) mass is 378 g/mol. The summed E-state index contributed by atoms with van der Waals surface area (Å²) in [6.45, 7) is 8.55. The number of piperazine rings is 1. The number of amides is 1. The molecule has 2 saturated heterocycles. The Morgan fingerprint density at radius 1 is 1.12 bits per heavy atom. The smallest absolute Gasteiger partial charge is 0.222 e. The van der Waals surface area contributed by atoms with Crippen molar-refractivity contribution in [2.75, 3.05) is 37.7 Å². The van der Waals surface area contributed by atoms with Gasteiger partial charge in [-0.2, -0.15) is 0 Å². The van der Waals surface area contributed by atoms with Crippen molar-refractivity contribution >= 4 is 15.7 Å². The van der Waals surface area contributed by atoms with E-state index in [0.717, 1.165) is 32.7 Å². The zero-order valence-corrected chi connectivity index (χ0v) is 16.7. The SMILES string of the molecule is CC(C)c1ccc(CN2CCN(C(=O)CC3CCS(=O)(=O)C3)CC2)cc1. The first kappa shape index (κ1) is 19.4. The van der Waals surface area contributed by atoms with Crippen molar-refractivity contribution in [3.63, 3.8) is 0 Å². The molecule has 1 amide bonds. The van der Waals surface area contributed by atoms with Gasteiger partial charge in [0.2, 0.25) is 5.91 Å². The Kier molecular flexibility index (Phi) is 6.03. The van der Waals surface area contributed by atoms with Crippen LogP contribution in [0.15, 0.2) is 24.3 Å². The normalized spacial score (nSPS) is 23.5. The van der Waals surface area contributed by atoms with Gasteiger partial charge >= 0.3 is 0 Å². The van der Waals surface area contributed by atoms with Gasteiger partial charge in [0.1, 0.15) is 0 Å². The van der Waals surface area contributed by atoms with E-state index in [1.54, 1.807) is 0 Å². The molecule has 0 N–H and O–H groups in total. The lowest BCUT2D eigenvalue weighted by molar-refractivity contribution is -0.133. The van der Waals surface area contributed by atoms with Gasteiger partial charge in [0.25, 0.3) is 0 Å². The molecule has 2 heterocycles. The second kappa shape index (κ2) is 8.09. The average Bonchev–Trinajstić information content (AvgIpc) is 2.94. The molecule has 1 atom stereocenters. The summed E-state index contributed by atoms with van der Waals surface area (Å²) < 4.78 is 23.1. The van der Waals surface area contributed by atoms with E-state index < -0.39 is 9.84 Å². The van der Waals surface area contributed by atoms with Gasteiger partial charge in [0, 0.05) is 39.1 Å². The Labute approximate surface area is 157 Å². The fraction of sp³-hybridized carbons (Fsp3) is 0.650. The molecular formula is C20H30N2O3S. The number of nitrogens with zero attached hydrogens (tertiary/aromatic N) is 2. The largest absolute Gasteiger partial charge is 0.340 e. The zero-order valence-electron chi connectivity index (χ0n) is 15.9. The van der Waals surface area contributed by atoms with Crippen LogP contribution in [0.5, 0.6) is 0 Å². The highest BCUT2D eigenvalue weighted by Crippen LogP contribution is 2.23. The third kappa shape index (κ3) is 5.07. The summed E-state index contributed by atoms with van der Waals surface area (Å²) in [4.78, 5) is 16.7. The number of benzene rings is 1. The van der Waals surface area contributed by atoms with Crippen LogP contribution in [0.3, 0.4) is 0 Å². The number of hydrogen-bond donors (Lipinski definition) is 0. The lowest BCUT2D eigenvalue weighted by Gasteiger charge is -2.35. The van der Waals surface area contributed by atoms with Crippen LogP contribution in [0.2, 0.25) is 0 Å². The minimum Gasteiger partial charge on any atom is -0.340 e. The number of hydrogen-bond acceptors (Lipinski definition) is 4. The van der Waals surface area contributed by atoms with E-state index in [9.17, 15) is 13.2 Å². The van der Waals surface area contributed by atoms with Gasteiger partial charge in [-0.05, 0) is 29.4 Å². The van der Waals surface area contributed by atoms with Crippen molar-refractivity contribution in [2.45, 2.75) is 39.2 Å². The highest BCUT2D eigenvalue weighted by molar-refractivity contribution is 7.91. The van der Waals surface area contributed by atoms with Gasteiger partial charge in [-0.15, -0.1) is 0 Å². The molecule has 1 aromatic carbocycles. The van der Waals surface area contributed by atoms with Gasteiger partial charge in [-0.25, -0.2) is 8.42 Å². The van der Waals surface area contributed by atoms with Crippen molar-refractivity contribution in [1.29, 1.82) is 0 Å². The predicted molar refractivity (Wildman–Crippen MR) is 104 cm³/mol. The first-order valence-electron chi connectivity index (χ1n) is 9.62. The molecule has 1 aromatic rings. The summed E-state index contributed by atoms with van der Waals surface area (Å²) in [5.74, 6) is 1.12. The first-order chi connectivity index (χ1) is 12.3. The number of carbonyl (C=O) groups is 1. The van der Waals surface area contributed by atoms with E-state index in [0.29, 0.717) is 18.8 Å². The molecular weight excluding hydrogens is 348 g/mol. The Bertz CT molecular complexity index is 720. The first-order valence-corrected chi connectivity index (χ1v) is 11.4. The van der Waals surface area contributed by atoms with Gasteiger partial charge in [0.05, 0.1) is 11.5 Å². The predicted octanol–water partition coefficient (Wildman–Crippen LogP) is 2.28. The van der Waals surface area contributed by atoms with Crippen LogP contribution in [0.25, 0.3) is 0 Å². The summed E-state index contributed by atoms with van der Waals surface area (Å²) >= 11 is 0. The zero-order chi connectivity index (χ0) is 18.7. The van der Waals surface area contributed by atoms with Crippen LogP contribution < -0.4 is 0 Å². The highest BCUT2D eigenvalue weighted by Gasteiger charge is 2.31. The number of carbonyl (C=O) groups excluding carboxylic acids is 1. The molecule has 6 heteroatoms. The Morgan fingerprint density at radius 3 is 2.31 bits per heavy atom. The van der Waals surface area contributed by atoms with E-state index in [1.807, 2.05) is 4.90 Å². The van der Waals surface area contributed by atoms with Crippen LogP contribution >= 0.6 is 0 Å². The molecule has 1 unspecified atom stereocenters. The summed E-state index contributed by atoms with van der Waals surface area (Å²) in [5.41, 5.74) is 2.67. The summed E-state index contributed by atoms with van der Waals surface area (Å²) in [6.07, 6.45) is 1.02. The molecule has 2 fully saturated rings. The van der Waals surface area contributed by atoms with Crippen LogP contribution in [-0.2, 0) is 21.2 Å². The molecule has 0 aliphatic carbocycles. The van der Waals surface area contributed by atoms with Crippen LogP contribution in [-0.4, -0.2) is 61.8 Å². The Balaban J connectivity index is 1.44. The molecule has 0 bridgehead atoms. The Morgan fingerprint density at radius 2 is 1.77 bits per heavy atom. The van der Waals surface area contributed by atoms with Crippen LogP contribution in [0.4, 0.5) is 0 Å². The molecule has 144 valence electrons. The van der Waals surface area contributed by atoms with E-state index in [4.69, 9.17) is 0 Å². The molecule has 2 aliphatic heterocycles. The second-order valence-electron chi connectivity index (χ2n) is 8.03. The molecule has 0 saturated carbocycles. The third-order valence-corrected chi connectivity index (χ3v) is 7.40. The van der Waals surface area contributed by atoms with E-state index in [1.165, 1.54) is 11.1 Å². The van der Waals surface area contributed by atoms with Gasteiger partial charge in [-0.1, -0.05) is 38.1 Å². The maximum absolute atomic E-state index is 12.4. The van der Waals surface area contributed by atoms with Crippen LogP contribution in [0, 0.1) is 5.92 Å². The van der Waals surface area contributed by atoms with Crippen molar-refractivity contribution in [1.82, 2.24) is 9.80 Å². The lowest BCUT2D eigenvalue weighted by atomic mass is 10.0. The summed E-state index contributed by atoms with van der Waals surface area (Å²) in [7, 11) is -2.90. The van der Waals surface area contributed by atoms with Crippen molar-refractivity contribution in [3.8, 4) is 0 Å². The van der Waals surface area contributed by atoms with Gasteiger partial charge < -0.3 is 4.90 Å². The maximum Gasteiger partial charge on any atom is 0.222 e. The van der Waals surface area contributed by atoms with Crippen molar-refractivity contribution < 1.29 is 13.2 Å². The fourth-order valence-electron chi connectivity index (χ4n) is 3.83. The molecule has 2 aliphatic rings. The highest BCUT2D eigenvalue weighted by atomic mass is 32.2.